The Kier molecular flexibility index (Phi) is 4.22. The second-order valence-corrected chi connectivity index (χ2v) is 6.75. The van der Waals surface area contributed by atoms with Crippen molar-refractivity contribution in [2.75, 3.05) is 29.9 Å². The molecule has 0 aliphatic carbocycles. The lowest BCUT2D eigenvalue weighted by molar-refractivity contribution is 0.475. The van der Waals surface area contributed by atoms with Crippen molar-refractivity contribution in [3.05, 3.63) is 54.4 Å². The van der Waals surface area contributed by atoms with E-state index < -0.39 is 0 Å². The minimum absolute atomic E-state index is 0.472. The minimum Gasteiger partial charge on any atom is -0.356 e. The van der Waals surface area contributed by atoms with Crippen LogP contribution in [-0.4, -0.2) is 41.1 Å². The normalized spacial score (nSPS) is 15.5. The molecule has 0 atom stereocenters. The molecule has 25 heavy (non-hydrogen) atoms. The zero-order valence-electron chi connectivity index (χ0n) is 14.8. The highest BCUT2D eigenvalue weighted by atomic mass is 15.3. The van der Waals surface area contributed by atoms with E-state index in [4.69, 9.17) is 4.98 Å². The Morgan fingerprint density at radius 2 is 1.72 bits per heavy atom. The van der Waals surface area contributed by atoms with Crippen LogP contribution in [0.25, 0.3) is 10.9 Å². The van der Waals surface area contributed by atoms with Gasteiger partial charge in [-0.05, 0) is 43.5 Å². The highest BCUT2D eigenvalue weighted by Gasteiger charge is 2.24. The molecule has 0 radical (unpaired) electrons. The average Bonchev–Trinajstić information content (AvgIpc) is 2.68. The third kappa shape index (κ3) is 3.27. The largest absolute Gasteiger partial charge is 0.356 e. The van der Waals surface area contributed by atoms with Gasteiger partial charge in [0.25, 0.3) is 0 Å². The molecule has 1 aromatic carbocycles. The number of benzene rings is 1. The van der Waals surface area contributed by atoms with Crippen molar-refractivity contribution < 1.29 is 0 Å². The first-order chi connectivity index (χ1) is 12.2. The summed E-state index contributed by atoms with van der Waals surface area (Å²) in [4.78, 5) is 18.3. The molecule has 1 fully saturated rings. The second-order valence-electron chi connectivity index (χ2n) is 6.75. The first kappa shape index (κ1) is 15.8. The maximum Gasteiger partial charge on any atom is 0.225 e. The molecule has 3 aromatic rings. The fourth-order valence-corrected chi connectivity index (χ4v) is 3.44. The molecule has 4 rings (SSSR count). The van der Waals surface area contributed by atoms with Crippen molar-refractivity contribution in [2.45, 2.75) is 25.8 Å². The fraction of sp³-hybridized carbons (Fsp3) is 0.350. The van der Waals surface area contributed by atoms with Crippen LogP contribution >= 0.6 is 0 Å². The van der Waals surface area contributed by atoms with Crippen LogP contribution in [0.2, 0.25) is 0 Å². The summed E-state index contributed by atoms with van der Waals surface area (Å²) in [6.45, 7) is 4.03. The molecule has 0 saturated carbocycles. The smallest absolute Gasteiger partial charge is 0.225 e. The monoisotopic (exact) mass is 333 g/mol. The Bertz CT molecular complexity index is 853. The fourth-order valence-electron chi connectivity index (χ4n) is 3.44. The molecular weight excluding hydrogens is 310 g/mol. The maximum atomic E-state index is 4.82. The molecular formula is C20H23N5. The highest BCUT2D eigenvalue weighted by molar-refractivity contribution is 5.80. The predicted octanol–water partition coefficient (Wildman–Crippen LogP) is 3.44. The molecule has 1 aliphatic heterocycles. The first-order valence-electron chi connectivity index (χ1n) is 8.83. The van der Waals surface area contributed by atoms with E-state index in [9.17, 15) is 0 Å². The lowest BCUT2D eigenvalue weighted by Gasteiger charge is -2.37. The lowest BCUT2D eigenvalue weighted by atomic mass is 10.0. The molecule has 0 unspecified atom stereocenters. The average molecular weight is 333 g/mol. The van der Waals surface area contributed by atoms with Gasteiger partial charge >= 0.3 is 0 Å². The number of para-hydroxylation sites is 1. The van der Waals surface area contributed by atoms with Gasteiger partial charge in [0.1, 0.15) is 5.82 Å². The number of rotatable bonds is 3. The number of nitrogens with zero attached hydrogens (tertiary/aromatic N) is 5. The molecule has 0 amide bonds. The van der Waals surface area contributed by atoms with Crippen LogP contribution < -0.4 is 9.80 Å². The number of aromatic nitrogens is 3. The molecule has 3 heterocycles. The van der Waals surface area contributed by atoms with E-state index in [2.05, 4.69) is 57.1 Å². The van der Waals surface area contributed by atoms with Crippen molar-refractivity contribution >= 4 is 22.7 Å². The Morgan fingerprint density at radius 1 is 1.00 bits per heavy atom. The molecule has 0 N–H and O–H groups in total. The molecule has 2 aromatic heterocycles. The summed E-state index contributed by atoms with van der Waals surface area (Å²) >= 11 is 0. The van der Waals surface area contributed by atoms with Crippen LogP contribution in [0, 0.1) is 6.92 Å². The van der Waals surface area contributed by atoms with E-state index in [1.165, 1.54) is 5.39 Å². The minimum atomic E-state index is 0.472. The van der Waals surface area contributed by atoms with Crippen LogP contribution in [-0.2, 0) is 0 Å². The summed E-state index contributed by atoms with van der Waals surface area (Å²) in [5, 5.41) is 1.19. The third-order valence-corrected chi connectivity index (χ3v) is 5.00. The van der Waals surface area contributed by atoms with Crippen LogP contribution in [0.1, 0.15) is 18.4 Å². The van der Waals surface area contributed by atoms with Crippen LogP contribution in [0.4, 0.5) is 11.8 Å². The van der Waals surface area contributed by atoms with Crippen molar-refractivity contribution in [1.82, 2.24) is 15.0 Å². The van der Waals surface area contributed by atoms with Crippen LogP contribution in [0.5, 0.6) is 0 Å². The molecule has 0 spiro atoms. The standard InChI is InChI=1S/C20H23N5/c1-15-13-21-20(22-14-15)24(2)17-9-11-25(12-10-17)19-8-7-16-5-3-4-6-18(16)23-19/h3-8,13-14,17H,9-12H2,1-2H3. The van der Waals surface area contributed by atoms with Gasteiger partial charge in [-0.2, -0.15) is 0 Å². The van der Waals surface area contributed by atoms with Crippen LogP contribution in [0.3, 0.4) is 0 Å². The number of hydrogen-bond donors (Lipinski definition) is 0. The lowest BCUT2D eigenvalue weighted by Crippen LogP contribution is -2.44. The van der Waals surface area contributed by atoms with Gasteiger partial charge in [0.15, 0.2) is 0 Å². The first-order valence-corrected chi connectivity index (χ1v) is 8.83. The van der Waals surface area contributed by atoms with Crippen molar-refractivity contribution in [2.24, 2.45) is 0 Å². The van der Waals surface area contributed by atoms with E-state index in [0.717, 1.165) is 48.8 Å². The van der Waals surface area contributed by atoms with E-state index >= 15 is 0 Å². The van der Waals surface area contributed by atoms with E-state index in [0.29, 0.717) is 6.04 Å². The zero-order valence-corrected chi connectivity index (χ0v) is 14.8. The van der Waals surface area contributed by atoms with E-state index in [1.54, 1.807) is 0 Å². The Hall–Kier alpha value is -2.69. The maximum absolute atomic E-state index is 4.82. The van der Waals surface area contributed by atoms with Gasteiger partial charge in [-0.15, -0.1) is 0 Å². The van der Waals surface area contributed by atoms with Gasteiger partial charge in [0.05, 0.1) is 5.52 Å². The number of fused-ring (bicyclic) bond motifs is 1. The zero-order chi connectivity index (χ0) is 17.2. The van der Waals surface area contributed by atoms with E-state index in [1.807, 2.05) is 25.4 Å². The Morgan fingerprint density at radius 3 is 2.48 bits per heavy atom. The van der Waals surface area contributed by atoms with Crippen LogP contribution in [0.15, 0.2) is 48.8 Å². The van der Waals surface area contributed by atoms with Crippen molar-refractivity contribution in [3.8, 4) is 0 Å². The number of pyridine rings is 1. The highest BCUT2D eigenvalue weighted by Crippen LogP contribution is 2.24. The number of anilines is 2. The topological polar surface area (TPSA) is 45.2 Å². The van der Waals surface area contributed by atoms with Gasteiger partial charge in [-0.3, -0.25) is 0 Å². The molecule has 1 saturated heterocycles. The molecule has 5 heteroatoms. The Labute approximate surface area is 148 Å². The second kappa shape index (κ2) is 6.67. The van der Waals surface area contributed by atoms with Crippen molar-refractivity contribution in [3.63, 3.8) is 0 Å². The third-order valence-electron chi connectivity index (χ3n) is 5.00. The molecule has 128 valence electrons. The van der Waals surface area contributed by atoms with Gasteiger partial charge in [0.2, 0.25) is 5.95 Å². The summed E-state index contributed by atoms with van der Waals surface area (Å²) in [6.07, 6.45) is 5.93. The quantitative estimate of drug-likeness (QED) is 0.735. The van der Waals surface area contributed by atoms with E-state index in [-0.39, 0.29) is 0 Å². The summed E-state index contributed by atoms with van der Waals surface area (Å²) in [5.41, 5.74) is 2.15. The predicted molar refractivity (Wildman–Crippen MR) is 102 cm³/mol. The number of piperidine rings is 1. The molecule has 0 bridgehead atoms. The number of hydrogen-bond acceptors (Lipinski definition) is 5. The van der Waals surface area contributed by atoms with Gasteiger partial charge in [0, 0.05) is 44.0 Å². The van der Waals surface area contributed by atoms with Crippen molar-refractivity contribution in [1.29, 1.82) is 0 Å². The summed E-state index contributed by atoms with van der Waals surface area (Å²) in [7, 11) is 2.10. The Balaban J connectivity index is 1.44. The molecule has 5 nitrogen and oxygen atoms in total. The van der Waals surface area contributed by atoms with Gasteiger partial charge < -0.3 is 9.80 Å². The summed E-state index contributed by atoms with van der Waals surface area (Å²) < 4.78 is 0. The van der Waals surface area contributed by atoms with Gasteiger partial charge in [-0.1, -0.05) is 18.2 Å². The summed E-state index contributed by atoms with van der Waals surface area (Å²) in [6, 6.07) is 13.0. The SMILES string of the molecule is Cc1cnc(N(C)C2CCN(c3ccc4ccccc4n3)CC2)nc1. The van der Waals surface area contributed by atoms with Gasteiger partial charge in [-0.25, -0.2) is 15.0 Å². The molecule has 1 aliphatic rings. The number of aryl methyl sites for hydroxylation is 1. The summed E-state index contributed by atoms with van der Waals surface area (Å²) in [5.74, 6) is 1.89.